The molecule has 0 amide bonds. The van der Waals surface area contributed by atoms with Gasteiger partial charge in [-0.05, 0) is 91.9 Å². The topological polar surface area (TPSA) is 105 Å². The Labute approximate surface area is 224 Å². The summed E-state index contributed by atoms with van der Waals surface area (Å²) in [5.74, 6) is -1.71. The molecule has 0 radical (unpaired) electrons. The van der Waals surface area contributed by atoms with Gasteiger partial charge >= 0.3 is 11.9 Å². The molecule has 0 heterocycles. The van der Waals surface area contributed by atoms with E-state index in [1.165, 1.54) is 12.8 Å². The zero-order valence-electron chi connectivity index (χ0n) is 23.3. The Hall–Kier alpha value is -0.680. The highest BCUT2D eigenvalue weighted by Crippen LogP contribution is 2.34. The van der Waals surface area contributed by atoms with E-state index in [-0.39, 0.29) is 24.1 Å². The van der Waals surface area contributed by atoms with E-state index >= 15 is 0 Å². The summed E-state index contributed by atoms with van der Waals surface area (Å²) in [6.07, 6.45) is 12.3. The summed E-state index contributed by atoms with van der Waals surface area (Å²) in [5.41, 5.74) is 0. The second kappa shape index (κ2) is 17.8. The van der Waals surface area contributed by atoms with Gasteiger partial charge in [-0.2, -0.15) is 0 Å². The summed E-state index contributed by atoms with van der Waals surface area (Å²) in [4.78, 5) is 24.6. The van der Waals surface area contributed by atoms with Gasteiger partial charge in [0.25, 0.3) is 0 Å². The van der Waals surface area contributed by atoms with Crippen LogP contribution in [0.15, 0.2) is 0 Å². The molecule has 0 aromatic rings. The maximum absolute atomic E-state index is 12.6. The monoisotopic (exact) mass is 564 g/mol. The highest BCUT2D eigenvalue weighted by atomic mass is 31.1. The maximum atomic E-state index is 12.6. The number of hydrogen-bond donors (Lipinski definition) is 0. The van der Waals surface area contributed by atoms with Crippen LogP contribution in [0.3, 0.4) is 0 Å². The second-order valence-corrected chi connectivity index (χ2v) is 15.2. The lowest BCUT2D eigenvalue weighted by Crippen LogP contribution is -2.31. The van der Waals surface area contributed by atoms with Crippen molar-refractivity contribution in [2.45, 2.75) is 147 Å². The van der Waals surface area contributed by atoms with E-state index in [4.69, 9.17) is 18.9 Å². The molecule has 6 unspecified atom stereocenters. The molecule has 2 aliphatic rings. The molecule has 0 bridgehead atoms. The number of carbonyl (C=O) groups excluding carboxylic acids is 2. The third kappa shape index (κ3) is 12.8. The molecular formula is C27H50O8P2. The number of carbonyl (C=O) groups is 2. The minimum absolute atomic E-state index is 0.0150. The Balaban J connectivity index is 1.56. The first kappa shape index (κ1) is 32.5. The van der Waals surface area contributed by atoms with Gasteiger partial charge in [0.2, 0.25) is 0 Å². The molecule has 2 rings (SSSR count). The van der Waals surface area contributed by atoms with Crippen LogP contribution in [0.4, 0.5) is 0 Å². The van der Waals surface area contributed by atoms with E-state index in [1.807, 2.05) is 0 Å². The molecule has 8 nitrogen and oxygen atoms in total. The second-order valence-electron chi connectivity index (χ2n) is 10.7. The van der Waals surface area contributed by atoms with Crippen LogP contribution in [0.2, 0.25) is 0 Å². The fourth-order valence-corrected chi connectivity index (χ4v) is 7.66. The van der Waals surface area contributed by atoms with Crippen molar-refractivity contribution in [2.24, 2.45) is 0 Å². The van der Waals surface area contributed by atoms with Gasteiger partial charge in [-0.15, -0.1) is 0 Å². The minimum Gasteiger partial charge on any atom is -0.460 e. The summed E-state index contributed by atoms with van der Waals surface area (Å²) in [6.45, 7) is 6.83. The smallest absolute Gasteiger partial charge is 0.335 e. The predicted molar refractivity (Wildman–Crippen MR) is 148 cm³/mol. The van der Waals surface area contributed by atoms with Gasteiger partial charge in [-0.3, -0.25) is 0 Å². The first-order chi connectivity index (χ1) is 17.7. The Morgan fingerprint density at radius 3 is 1.32 bits per heavy atom. The standard InChI is InChI=1S/C27H50O8P2/c1-20(26(28)34-24-14-8-5-9-15-24)32-22(3)36(30)18-12-7-13-19-37(31)23(4)33-21(2)27(29)35-25-16-10-6-11-17-25/h20-25,36-37H,5-19H2,1-4H3. The first-order valence-corrected chi connectivity index (χ1v) is 17.8. The average molecular weight is 565 g/mol. The van der Waals surface area contributed by atoms with Gasteiger partial charge in [-0.1, -0.05) is 19.3 Å². The van der Waals surface area contributed by atoms with Crippen molar-refractivity contribution in [1.29, 1.82) is 0 Å². The van der Waals surface area contributed by atoms with Crippen LogP contribution in [0.25, 0.3) is 0 Å². The predicted octanol–water partition coefficient (Wildman–Crippen LogP) is 6.53. The molecular weight excluding hydrogens is 514 g/mol. The lowest BCUT2D eigenvalue weighted by atomic mass is 9.98. The Morgan fingerprint density at radius 2 is 0.973 bits per heavy atom. The van der Waals surface area contributed by atoms with Crippen LogP contribution in [0.1, 0.15) is 111 Å². The molecule has 2 aliphatic carbocycles. The van der Waals surface area contributed by atoms with E-state index in [0.717, 1.165) is 70.6 Å². The van der Waals surface area contributed by atoms with Gasteiger partial charge in [0, 0.05) is 12.3 Å². The normalized spacial score (nSPS) is 22.4. The molecule has 10 heteroatoms. The number of rotatable bonds is 16. The highest BCUT2D eigenvalue weighted by Gasteiger charge is 2.26. The lowest BCUT2D eigenvalue weighted by molar-refractivity contribution is -0.164. The van der Waals surface area contributed by atoms with E-state index < -0.39 is 39.5 Å². The summed E-state index contributed by atoms with van der Waals surface area (Å²) >= 11 is 0. The molecule has 216 valence electrons. The van der Waals surface area contributed by atoms with Crippen LogP contribution < -0.4 is 0 Å². The fraction of sp³-hybridized carbons (Fsp3) is 0.926. The number of esters is 2. The van der Waals surface area contributed by atoms with Crippen LogP contribution >= 0.6 is 15.6 Å². The molecule has 2 fully saturated rings. The highest BCUT2D eigenvalue weighted by molar-refractivity contribution is 7.45. The quantitative estimate of drug-likeness (QED) is 0.118. The zero-order valence-corrected chi connectivity index (χ0v) is 25.3. The van der Waals surface area contributed by atoms with E-state index in [9.17, 15) is 18.7 Å². The minimum atomic E-state index is -2.01. The van der Waals surface area contributed by atoms with Gasteiger partial charge in [0.05, 0.1) is 0 Å². The molecule has 2 saturated carbocycles. The summed E-state index contributed by atoms with van der Waals surface area (Å²) in [7, 11) is -4.01. The van der Waals surface area contributed by atoms with Crippen molar-refractivity contribution in [3.63, 3.8) is 0 Å². The third-order valence-electron chi connectivity index (χ3n) is 7.40. The molecule has 0 spiro atoms. The molecule has 0 N–H and O–H groups in total. The summed E-state index contributed by atoms with van der Waals surface area (Å²) in [6, 6.07) is 0. The van der Waals surface area contributed by atoms with Crippen molar-refractivity contribution in [2.75, 3.05) is 12.3 Å². The van der Waals surface area contributed by atoms with Crippen LogP contribution in [0, 0.1) is 0 Å². The van der Waals surface area contributed by atoms with Gasteiger partial charge in [0.15, 0.2) is 12.2 Å². The maximum Gasteiger partial charge on any atom is 0.335 e. The Kier molecular flexibility index (Phi) is 15.7. The summed E-state index contributed by atoms with van der Waals surface area (Å²) in [5, 5.41) is 0. The molecule has 0 aromatic carbocycles. The van der Waals surface area contributed by atoms with Crippen molar-refractivity contribution in [1.82, 2.24) is 0 Å². The average Bonchev–Trinajstić information content (AvgIpc) is 2.89. The SMILES string of the molecule is CC(OC(C)[PH](=O)CCCCC[PH](=O)C(C)OC(C)C(=O)OC1CCCCC1)C(=O)OC1CCCCC1. The number of hydrogen-bond acceptors (Lipinski definition) is 8. The van der Waals surface area contributed by atoms with E-state index in [1.54, 1.807) is 27.7 Å². The van der Waals surface area contributed by atoms with E-state index in [0.29, 0.717) is 12.3 Å². The van der Waals surface area contributed by atoms with Crippen molar-refractivity contribution >= 4 is 27.5 Å². The molecule has 0 saturated heterocycles. The van der Waals surface area contributed by atoms with Gasteiger partial charge in [-0.25, -0.2) is 9.59 Å². The fourth-order valence-electron chi connectivity index (χ4n) is 4.94. The molecule has 6 atom stereocenters. The molecule has 0 aromatic heterocycles. The Morgan fingerprint density at radius 1 is 0.622 bits per heavy atom. The largest absolute Gasteiger partial charge is 0.460 e. The Bertz CT molecular complexity index is 674. The lowest BCUT2D eigenvalue weighted by Gasteiger charge is -2.24. The number of ether oxygens (including phenoxy) is 4. The van der Waals surface area contributed by atoms with Crippen LogP contribution in [-0.4, -0.2) is 60.4 Å². The van der Waals surface area contributed by atoms with Crippen LogP contribution in [-0.2, 0) is 37.7 Å². The molecule has 37 heavy (non-hydrogen) atoms. The first-order valence-electron chi connectivity index (χ1n) is 14.4. The van der Waals surface area contributed by atoms with Crippen molar-refractivity contribution < 1.29 is 37.7 Å². The third-order valence-corrected chi connectivity index (χ3v) is 11.2. The van der Waals surface area contributed by atoms with Crippen LogP contribution in [0.5, 0.6) is 0 Å². The number of unbranched alkanes of at least 4 members (excludes halogenated alkanes) is 2. The summed E-state index contributed by atoms with van der Waals surface area (Å²) < 4.78 is 47.7. The van der Waals surface area contributed by atoms with Crippen molar-refractivity contribution in [3.05, 3.63) is 0 Å². The van der Waals surface area contributed by atoms with Crippen molar-refractivity contribution in [3.8, 4) is 0 Å². The van der Waals surface area contributed by atoms with Gasteiger partial charge < -0.3 is 28.1 Å². The van der Waals surface area contributed by atoms with Gasteiger partial charge in [0.1, 0.15) is 39.5 Å². The van der Waals surface area contributed by atoms with E-state index in [2.05, 4.69) is 0 Å². The zero-order chi connectivity index (χ0) is 27.2. The molecule has 0 aliphatic heterocycles.